The van der Waals surface area contributed by atoms with E-state index in [2.05, 4.69) is 47.4 Å². The lowest BCUT2D eigenvalue weighted by atomic mass is 9.87. The highest BCUT2D eigenvalue weighted by Crippen LogP contribution is 2.33. The van der Waals surface area contributed by atoms with Gasteiger partial charge < -0.3 is 15.4 Å². The number of ketones is 1. The molecule has 0 amide bonds. The van der Waals surface area contributed by atoms with Crippen molar-refractivity contribution in [1.29, 1.82) is 0 Å². The van der Waals surface area contributed by atoms with Crippen LogP contribution in [0.25, 0.3) is 0 Å². The minimum atomic E-state index is 0.0875. The molecule has 1 aromatic heterocycles. The van der Waals surface area contributed by atoms with Gasteiger partial charge in [0.1, 0.15) is 11.6 Å². The zero-order valence-electron chi connectivity index (χ0n) is 17.7. The van der Waals surface area contributed by atoms with Crippen molar-refractivity contribution in [3.05, 3.63) is 64.8 Å². The third-order valence-electron chi connectivity index (χ3n) is 5.52. The number of carbonyl (C=O) groups excluding carboxylic acids is 1. The van der Waals surface area contributed by atoms with Crippen LogP contribution < -0.4 is 15.4 Å². The van der Waals surface area contributed by atoms with Crippen molar-refractivity contribution < 1.29 is 9.53 Å². The Hall–Kier alpha value is -3.41. The smallest absolute Gasteiger partial charge is 0.229 e. The van der Waals surface area contributed by atoms with Gasteiger partial charge in [-0.3, -0.25) is 4.79 Å². The fourth-order valence-corrected chi connectivity index (χ4v) is 3.76. The molecule has 1 atom stereocenters. The van der Waals surface area contributed by atoms with Gasteiger partial charge in [0.15, 0.2) is 5.78 Å². The molecule has 0 saturated carbocycles. The Morgan fingerprint density at radius 2 is 1.83 bits per heavy atom. The van der Waals surface area contributed by atoms with E-state index < -0.39 is 0 Å². The van der Waals surface area contributed by atoms with E-state index in [4.69, 9.17) is 4.74 Å². The van der Waals surface area contributed by atoms with E-state index in [1.165, 1.54) is 5.56 Å². The first-order valence-corrected chi connectivity index (χ1v) is 10.1. The number of rotatable bonds is 5. The van der Waals surface area contributed by atoms with E-state index in [-0.39, 0.29) is 11.7 Å². The van der Waals surface area contributed by atoms with Gasteiger partial charge in [0.05, 0.1) is 18.4 Å². The first-order chi connectivity index (χ1) is 14.4. The largest absolute Gasteiger partial charge is 0.497 e. The Labute approximate surface area is 176 Å². The Morgan fingerprint density at radius 3 is 2.63 bits per heavy atom. The van der Waals surface area contributed by atoms with Crippen molar-refractivity contribution in [3.8, 4) is 5.75 Å². The van der Waals surface area contributed by atoms with Crippen LogP contribution in [-0.4, -0.2) is 22.9 Å². The zero-order chi connectivity index (χ0) is 21.3. The fourth-order valence-electron chi connectivity index (χ4n) is 3.76. The molecule has 1 aliphatic rings. The summed E-state index contributed by atoms with van der Waals surface area (Å²) in [4.78, 5) is 22.2. The second-order valence-corrected chi connectivity index (χ2v) is 7.88. The number of nitrogens with zero attached hydrogens (tertiary/aromatic N) is 2. The number of anilines is 4. The molecule has 4 rings (SSSR count). The van der Waals surface area contributed by atoms with Crippen molar-refractivity contribution in [2.75, 3.05) is 17.7 Å². The highest BCUT2D eigenvalue weighted by atomic mass is 16.5. The lowest BCUT2D eigenvalue weighted by Gasteiger charge is -2.23. The summed E-state index contributed by atoms with van der Waals surface area (Å²) < 4.78 is 5.30. The van der Waals surface area contributed by atoms with Gasteiger partial charge in [-0.2, -0.15) is 4.98 Å². The number of Topliss-reactive ketones (excluding diaryl/α,β-unsaturated/α-hetero) is 1. The quantitative estimate of drug-likeness (QED) is 0.599. The lowest BCUT2D eigenvalue weighted by Crippen LogP contribution is -2.22. The molecule has 0 fully saturated rings. The molecule has 0 radical (unpaired) electrons. The van der Waals surface area contributed by atoms with Gasteiger partial charge >= 0.3 is 0 Å². The van der Waals surface area contributed by atoms with Crippen molar-refractivity contribution in [2.45, 2.75) is 33.6 Å². The van der Waals surface area contributed by atoms with Gasteiger partial charge in [-0.15, -0.1) is 0 Å². The molecular weight excluding hydrogens is 376 g/mol. The predicted molar refractivity (Wildman–Crippen MR) is 119 cm³/mol. The van der Waals surface area contributed by atoms with Gasteiger partial charge in [0.25, 0.3) is 0 Å². The fraction of sp³-hybridized carbons (Fsp3) is 0.292. The maximum atomic E-state index is 12.9. The standard InChI is InChI=1S/C24H26N4O2/c1-14-11-20-22(21(29)12-14)23(26-19-10-5-7-15(2)16(19)3)28-24(27-20)25-17-8-6-9-18(13-17)30-4/h5-10,13-14H,11-12H2,1-4H3,(H2,25,26,27,28). The molecule has 1 aliphatic carbocycles. The lowest BCUT2D eigenvalue weighted by molar-refractivity contribution is 0.0953. The summed E-state index contributed by atoms with van der Waals surface area (Å²) in [6.07, 6.45) is 1.26. The summed E-state index contributed by atoms with van der Waals surface area (Å²) in [5, 5.41) is 6.66. The molecular formula is C24H26N4O2. The number of aryl methyl sites for hydroxylation is 1. The first-order valence-electron chi connectivity index (χ1n) is 10.1. The van der Waals surface area contributed by atoms with Crippen LogP contribution in [0.4, 0.5) is 23.1 Å². The maximum absolute atomic E-state index is 12.9. The van der Waals surface area contributed by atoms with Gasteiger partial charge in [-0.05, 0) is 55.5 Å². The zero-order valence-corrected chi connectivity index (χ0v) is 17.7. The molecule has 0 saturated heterocycles. The van der Waals surface area contributed by atoms with Gasteiger partial charge in [-0.25, -0.2) is 4.98 Å². The molecule has 0 aliphatic heterocycles. The van der Waals surface area contributed by atoms with Crippen LogP contribution in [0.3, 0.4) is 0 Å². The number of aromatic nitrogens is 2. The van der Waals surface area contributed by atoms with Crippen molar-refractivity contribution >= 4 is 28.9 Å². The Kier molecular flexibility index (Phi) is 5.40. The number of ether oxygens (including phenoxy) is 1. The van der Waals surface area contributed by atoms with E-state index in [0.29, 0.717) is 23.8 Å². The van der Waals surface area contributed by atoms with Crippen molar-refractivity contribution in [2.24, 2.45) is 5.92 Å². The molecule has 0 bridgehead atoms. The first kappa shape index (κ1) is 19.9. The maximum Gasteiger partial charge on any atom is 0.229 e. The van der Waals surface area contributed by atoms with Gasteiger partial charge in [0, 0.05) is 23.9 Å². The van der Waals surface area contributed by atoms with E-state index in [1.54, 1.807) is 7.11 Å². The average molecular weight is 402 g/mol. The number of methoxy groups -OCH3 is 1. The molecule has 0 spiro atoms. The van der Waals surface area contributed by atoms with Crippen molar-refractivity contribution in [1.82, 2.24) is 9.97 Å². The number of nitrogens with one attached hydrogen (secondary N) is 2. The number of hydrogen-bond donors (Lipinski definition) is 2. The van der Waals surface area contributed by atoms with Gasteiger partial charge in [0.2, 0.25) is 5.95 Å². The minimum absolute atomic E-state index is 0.0875. The summed E-state index contributed by atoms with van der Waals surface area (Å²) in [6, 6.07) is 13.7. The van der Waals surface area contributed by atoms with Crippen molar-refractivity contribution in [3.63, 3.8) is 0 Å². The summed E-state index contributed by atoms with van der Waals surface area (Å²) in [6.45, 7) is 6.21. The molecule has 2 aromatic carbocycles. The number of hydrogen-bond acceptors (Lipinski definition) is 6. The Balaban J connectivity index is 1.77. The molecule has 6 nitrogen and oxygen atoms in total. The van der Waals surface area contributed by atoms with E-state index in [1.807, 2.05) is 36.4 Å². The molecule has 1 unspecified atom stereocenters. The molecule has 154 valence electrons. The number of carbonyl (C=O) groups is 1. The van der Waals surface area contributed by atoms with Crippen LogP contribution >= 0.6 is 0 Å². The average Bonchev–Trinajstić information content (AvgIpc) is 2.71. The minimum Gasteiger partial charge on any atom is -0.497 e. The summed E-state index contributed by atoms with van der Waals surface area (Å²) in [5.41, 5.74) is 5.45. The van der Waals surface area contributed by atoms with Crippen LogP contribution in [0.5, 0.6) is 5.75 Å². The van der Waals surface area contributed by atoms with Crippen LogP contribution in [0.1, 0.15) is 40.5 Å². The van der Waals surface area contributed by atoms with Crippen LogP contribution in [0.15, 0.2) is 42.5 Å². The summed E-state index contributed by atoms with van der Waals surface area (Å²) in [5.74, 6) is 2.10. The Bertz CT molecular complexity index is 1110. The van der Waals surface area contributed by atoms with E-state index in [0.717, 1.165) is 34.8 Å². The number of benzene rings is 2. The monoisotopic (exact) mass is 402 g/mol. The topological polar surface area (TPSA) is 76.1 Å². The highest BCUT2D eigenvalue weighted by Gasteiger charge is 2.28. The second kappa shape index (κ2) is 8.14. The summed E-state index contributed by atoms with van der Waals surface area (Å²) in [7, 11) is 1.63. The summed E-state index contributed by atoms with van der Waals surface area (Å²) >= 11 is 0. The second-order valence-electron chi connectivity index (χ2n) is 7.88. The number of fused-ring (bicyclic) bond motifs is 1. The highest BCUT2D eigenvalue weighted by molar-refractivity contribution is 6.03. The van der Waals surface area contributed by atoms with Crippen LogP contribution in [0, 0.1) is 19.8 Å². The molecule has 30 heavy (non-hydrogen) atoms. The SMILES string of the molecule is COc1cccc(Nc2nc3c(c(Nc4cccc(C)c4C)n2)C(=O)CC(C)C3)c1. The van der Waals surface area contributed by atoms with E-state index >= 15 is 0 Å². The third-order valence-corrected chi connectivity index (χ3v) is 5.52. The normalized spacial score (nSPS) is 15.5. The van der Waals surface area contributed by atoms with Gasteiger partial charge in [-0.1, -0.05) is 25.1 Å². The van der Waals surface area contributed by atoms with E-state index in [9.17, 15) is 4.79 Å². The predicted octanol–water partition coefficient (Wildman–Crippen LogP) is 5.35. The third kappa shape index (κ3) is 3.99. The molecule has 1 heterocycles. The molecule has 2 N–H and O–H groups in total. The Morgan fingerprint density at radius 1 is 1.03 bits per heavy atom. The van der Waals surface area contributed by atoms with Crippen LogP contribution in [0.2, 0.25) is 0 Å². The molecule has 6 heteroatoms. The molecule has 3 aromatic rings. The van der Waals surface area contributed by atoms with Crippen LogP contribution in [-0.2, 0) is 6.42 Å².